The Morgan fingerprint density at radius 3 is 3.00 bits per heavy atom. The number of halogens is 1. The molecule has 1 fully saturated rings. The van der Waals surface area contributed by atoms with Crippen molar-refractivity contribution in [3.63, 3.8) is 0 Å². The summed E-state index contributed by atoms with van der Waals surface area (Å²) >= 11 is 7.61. The van der Waals surface area contributed by atoms with Crippen molar-refractivity contribution in [3.05, 3.63) is 40.0 Å². The fourth-order valence-corrected chi connectivity index (χ4v) is 3.72. The molecule has 0 aromatic carbocycles. The number of aliphatic hydroxyl groups is 2. The Bertz CT molecular complexity index is 908. The summed E-state index contributed by atoms with van der Waals surface area (Å²) in [5.74, 6) is 2.26. The lowest BCUT2D eigenvalue weighted by atomic mass is 10.2. The van der Waals surface area contributed by atoms with E-state index in [4.69, 9.17) is 16.7 Å². The zero-order valence-corrected chi connectivity index (χ0v) is 15.4. The smallest absolute Gasteiger partial charge is 0.171 e. The van der Waals surface area contributed by atoms with Gasteiger partial charge in [-0.15, -0.1) is 11.3 Å². The highest BCUT2D eigenvalue weighted by atomic mass is 35.5. The first-order chi connectivity index (χ1) is 12.6. The Labute approximate surface area is 159 Å². The van der Waals surface area contributed by atoms with Gasteiger partial charge in [-0.2, -0.15) is 5.10 Å². The molecule has 1 aliphatic carbocycles. The minimum Gasteiger partial charge on any atom is -0.396 e. The number of hydrogen-bond donors (Lipinski definition) is 4. The van der Waals surface area contributed by atoms with Crippen LogP contribution in [0.4, 0.5) is 11.6 Å². The van der Waals surface area contributed by atoms with E-state index in [-0.39, 0.29) is 6.61 Å². The van der Waals surface area contributed by atoms with Crippen LogP contribution < -0.4 is 5.32 Å². The third-order valence-electron chi connectivity index (χ3n) is 4.18. The Balaban J connectivity index is 1.55. The van der Waals surface area contributed by atoms with Gasteiger partial charge in [0.15, 0.2) is 17.5 Å². The predicted molar refractivity (Wildman–Crippen MR) is 101 cm³/mol. The highest BCUT2D eigenvalue weighted by Gasteiger charge is 2.25. The first-order valence-corrected chi connectivity index (χ1v) is 9.57. The van der Waals surface area contributed by atoms with E-state index in [0.29, 0.717) is 34.8 Å². The molecule has 0 spiro atoms. The second-order valence-corrected chi connectivity index (χ2v) is 7.75. The fourth-order valence-electron chi connectivity index (χ4n) is 2.62. The van der Waals surface area contributed by atoms with Crippen LogP contribution in [0.1, 0.15) is 41.9 Å². The van der Waals surface area contributed by atoms with E-state index in [9.17, 15) is 5.11 Å². The Kier molecular flexibility index (Phi) is 4.90. The predicted octanol–water partition coefficient (Wildman–Crippen LogP) is 3.62. The average molecular weight is 392 g/mol. The maximum atomic E-state index is 9.99. The summed E-state index contributed by atoms with van der Waals surface area (Å²) in [6, 6.07) is 5.65. The molecule has 1 unspecified atom stereocenters. The van der Waals surface area contributed by atoms with E-state index in [2.05, 4.69) is 25.5 Å². The van der Waals surface area contributed by atoms with Gasteiger partial charge in [-0.05, 0) is 25.0 Å². The molecule has 9 heteroatoms. The minimum absolute atomic E-state index is 0.0631. The van der Waals surface area contributed by atoms with Gasteiger partial charge in [0.1, 0.15) is 5.02 Å². The van der Waals surface area contributed by atoms with Gasteiger partial charge in [0, 0.05) is 35.6 Å². The molecule has 26 heavy (non-hydrogen) atoms. The lowest BCUT2D eigenvalue weighted by Gasteiger charge is -2.06. The van der Waals surface area contributed by atoms with E-state index in [0.717, 1.165) is 15.4 Å². The standard InChI is InChI=1S/C17H18ClN5O2S/c18-10-8-19-17(14-4-3-13(26-14)12(25)5-6-24)21-16(10)20-15-7-11(22-23-15)9-1-2-9/h3-4,7-9,12,24-25H,1-2,5-6H2,(H2,19,20,21,22,23). The molecule has 0 aliphatic heterocycles. The number of rotatable bonds is 7. The molecule has 1 atom stereocenters. The highest BCUT2D eigenvalue weighted by Crippen LogP contribution is 2.40. The van der Waals surface area contributed by atoms with Crippen LogP contribution in [0.5, 0.6) is 0 Å². The fraction of sp³-hybridized carbons (Fsp3) is 0.353. The topological polar surface area (TPSA) is 107 Å². The quantitative estimate of drug-likeness (QED) is 0.490. The molecule has 1 saturated carbocycles. The van der Waals surface area contributed by atoms with Crippen molar-refractivity contribution in [2.75, 3.05) is 11.9 Å². The van der Waals surface area contributed by atoms with Crippen LogP contribution >= 0.6 is 22.9 Å². The van der Waals surface area contributed by atoms with Crippen molar-refractivity contribution >= 4 is 34.6 Å². The Morgan fingerprint density at radius 2 is 2.23 bits per heavy atom. The van der Waals surface area contributed by atoms with Crippen LogP contribution in [0.15, 0.2) is 24.4 Å². The molecule has 3 aromatic heterocycles. The molecular formula is C17H18ClN5O2S. The van der Waals surface area contributed by atoms with Gasteiger partial charge in [-0.1, -0.05) is 11.6 Å². The van der Waals surface area contributed by atoms with Crippen molar-refractivity contribution in [3.8, 4) is 10.7 Å². The lowest BCUT2D eigenvalue weighted by Crippen LogP contribution is -1.98. The third kappa shape index (κ3) is 3.73. The molecule has 0 bridgehead atoms. The largest absolute Gasteiger partial charge is 0.396 e. The number of aromatic amines is 1. The summed E-state index contributed by atoms with van der Waals surface area (Å²) in [7, 11) is 0. The molecule has 0 saturated heterocycles. The number of aromatic nitrogens is 4. The number of H-pyrrole nitrogens is 1. The third-order valence-corrected chi connectivity index (χ3v) is 5.64. The van der Waals surface area contributed by atoms with E-state index in [1.165, 1.54) is 24.2 Å². The number of thiophene rings is 1. The SMILES string of the molecule is OCCC(O)c1ccc(-c2ncc(Cl)c(Nc3cc(C4CC4)[nH]n3)n2)s1. The second-order valence-electron chi connectivity index (χ2n) is 6.23. The molecule has 7 nitrogen and oxygen atoms in total. The zero-order chi connectivity index (χ0) is 18.1. The van der Waals surface area contributed by atoms with E-state index >= 15 is 0 Å². The second kappa shape index (κ2) is 7.32. The summed E-state index contributed by atoms with van der Waals surface area (Å²) < 4.78 is 0. The molecule has 0 amide bonds. The van der Waals surface area contributed by atoms with Crippen molar-refractivity contribution in [2.24, 2.45) is 0 Å². The Morgan fingerprint density at radius 1 is 1.38 bits per heavy atom. The van der Waals surface area contributed by atoms with Gasteiger partial charge < -0.3 is 15.5 Å². The number of nitrogens with zero attached hydrogens (tertiary/aromatic N) is 3. The molecule has 1 aliphatic rings. The number of anilines is 2. The Hall–Kier alpha value is -2.00. The lowest BCUT2D eigenvalue weighted by molar-refractivity contribution is 0.137. The molecular weight excluding hydrogens is 374 g/mol. The zero-order valence-electron chi connectivity index (χ0n) is 13.8. The van der Waals surface area contributed by atoms with Crippen molar-refractivity contribution in [1.82, 2.24) is 20.2 Å². The summed E-state index contributed by atoms with van der Waals surface area (Å²) in [5, 5.41) is 29.8. The van der Waals surface area contributed by atoms with Gasteiger partial charge >= 0.3 is 0 Å². The summed E-state index contributed by atoms with van der Waals surface area (Å²) in [6.45, 7) is -0.0631. The van der Waals surface area contributed by atoms with Crippen LogP contribution in [0, 0.1) is 0 Å². The summed E-state index contributed by atoms with van der Waals surface area (Å²) in [6.07, 6.45) is 3.56. The van der Waals surface area contributed by atoms with Gasteiger partial charge in [0.05, 0.1) is 17.2 Å². The van der Waals surface area contributed by atoms with Gasteiger partial charge in [-0.25, -0.2) is 9.97 Å². The summed E-state index contributed by atoms with van der Waals surface area (Å²) in [5.41, 5.74) is 1.12. The number of aliphatic hydroxyl groups excluding tert-OH is 2. The van der Waals surface area contributed by atoms with Crippen LogP contribution in [0.3, 0.4) is 0 Å². The van der Waals surface area contributed by atoms with E-state index < -0.39 is 6.10 Å². The van der Waals surface area contributed by atoms with Crippen LogP contribution in [0.25, 0.3) is 10.7 Å². The maximum Gasteiger partial charge on any atom is 0.171 e. The van der Waals surface area contributed by atoms with Crippen LogP contribution in [-0.4, -0.2) is 37.0 Å². The van der Waals surface area contributed by atoms with Gasteiger partial charge in [0.25, 0.3) is 0 Å². The van der Waals surface area contributed by atoms with Crippen LogP contribution in [-0.2, 0) is 0 Å². The van der Waals surface area contributed by atoms with E-state index in [1.54, 1.807) is 6.20 Å². The van der Waals surface area contributed by atoms with Crippen molar-refractivity contribution < 1.29 is 10.2 Å². The molecule has 3 heterocycles. The molecule has 136 valence electrons. The molecule has 0 radical (unpaired) electrons. The highest BCUT2D eigenvalue weighted by molar-refractivity contribution is 7.15. The monoisotopic (exact) mass is 391 g/mol. The summed E-state index contributed by atoms with van der Waals surface area (Å²) in [4.78, 5) is 10.4. The number of hydrogen-bond acceptors (Lipinski definition) is 7. The van der Waals surface area contributed by atoms with Crippen molar-refractivity contribution in [2.45, 2.75) is 31.3 Å². The van der Waals surface area contributed by atoms with Crippen LogP contribution in [0.2, 0.25) is 5.02 Å². The first kappa shape index (κ1) is 17.4. The molecule has 4 rings (SSSR count). The van der Waals surface area contributed by atoms with E-state index in [1.807, 2.05) is 18.2 Å². The van der Waals surface area contributed by atoms with Gasteiger partial charge in [-0.3, -0.25) is 5.10 Å². The van der Waals surface area contributed by atoms with Crippen molar-refractivity contribution in [1.29, 1.82) is 0 Å². The molecule has 3 aromatic rings. The maximum absolute atomic E-state index is 9.99. The average Bonchev–Trinajstić information content (AvgIpc) is 3.18. The van der Waals surface area contributed by atoms with Gasteiger partial charge in [0.2, 0.25) is 0 Å². The first-order valence-electron chi connectivity index (χ1n) is 8.38. The minimum atomic E-state index is -0.687. The normalized spacial score (nSPS) is 15.2. The molecule has 4 N–H and O–H groups in total. The number of nitrogens with one attached hydrogen (secondary N) is 2.